The van der Waals surface area contributed by atoms with E-state index >= 15 is 0 Å². The molecule has 2 heterocycles. The number of aromatic nitrogens is 2. The van der Waals surface area contributed by atoms with E-state index in [1.807, 2.05) is 6.20 Å². The lowest BCUT2D eigenvalue weighted by atomic mass is 9.95. The first kappa shape index (κ1) is 13.4. The molecular weight excluding hydrogens is 224 g/mol. The van der Waals surface area contributed by atoms with Crippen LogP contribution in [0.5, 0.6) is 0 Å². The minimum atomic E-state index is 0.470. The van der Waals surface area contributed by atoms with Crippen molar-refractivity contribution in [3.8, 4) is 0 Å². The Kier molecular flexibility index (Phi) is 4.66. The van der Waals surface area contributed by atoms with Crippen molar-refractivity contribution in [2.45, 2.75) is 45.2 Å². The SMILES string of the molecule is CC(C)NCc1nccc(C2CCCN(C)C2)n1. The third-order valence-electron chi connectivity index (χ3n) is 3.44. The zero-order valence-corrected chi connectivity index (χ0v) is 11.7. The lowest BCUT2D eigenvalue weighted by Crippen LogP contribution is -2.31. The maximum Gasteiger partial charge on any atom is 0.142 e. The zero-order valence-electron chi connectivity index (χ0n) is 11.7. The highest BCUT2D eigenvalue weighted by atomic mass is 15.1. The number of likely N-dealkylation sites (tertiary alicyclic amines) is 1. The first-order chi connectivity index (χ1) is 8.65. The van der Waals surface area contributed by atoms with Gasteiger partial charge in [-0.2, -0.15) is 0 Å². The molecule has 1 aliphatic heterocycles. The first-order valence-electron chi connectivity index (χ1n) is 6.89. The molecule has 1 aromatic heterocycles. The molecule has 4 heteroatoms. The molecule has 1 N–H and O–H groups in total. The highest BCUT2D eigenvalue weighted by Gasteiger charge is 2.20. The van der Waals surface area contributed by atoms with Crippen molar-refractivity contribution in [3.63, 3.8) is 0 Å². The van der Waals surface area contributed by atoms with Crippen LogP contribution in [-0.2, 0) is 6.54 Å². The number of piperidine rings is 1. The van der Waals surface area contributed by atoms with Crippen LogP contribution in [0.1, 0.15) is 44.1 Å². The van der Waals surface area contributed by atoms with Crippen LogP contribution in [0.2, 0.25) is 0 Å². The van der Waals surface area contributed by atoms with Crippen LogP contribution in [-0.4, -0.2) is 41.0 Å². The fourth-order valence-electron chi connectivity index (χ4n) is 2.43. The predicted octanol–water partition coefficient (Wildman–Crippen LogP) is 1.78. The summed E-state index contributed by atoms with van der Waals surface area (Å²) in [5, 5.41) is 3.37. The molecule has 0 radical (unpaired) electrons. The molecule has 0 amide bonds. The monoisotopic (exact) mass is 248 g/mol. The standard InChI is InChI=1S/C14H24N4/c1-11(2)16-9-14-15-7-6-13(17-14)12-5-4-8-18(3)10-12/h6-7,11-12,16H,4-5,8-10H2,1-3H3. The summed E-state index contributed by atoms with van der Waals surface area (Å²) in [4.78, 5) is 11.4. The van der Waals surface area contributed by atoms with E-state index in [-0.39, 0.29) is 0 Å². The number of likely N-dealkylation sites (N-methyl/N-ethyl adjacent to an activating group) is 1. The van der Waals surface area contributed by atoms with Gasteiger partial charge in [-0.15, -0.1) is 0 Å². The van der Waals surface area contributed by atoms with Crippen molar-refractivity contribution >= 4 is 0 Å². The second kappa shape index (κ2) is 6.25. The van der Waals surface area contributed by atoms with Crippen molar-refractivity contribution in [2.24, 2.45) is 0 Å². The third-order valence-corrected chi connectivity index (χ3v) is 3.44. The second-order valence-electron chi connectivity index (χ2n) is 5.53. The van der Waals surface area contributed by atoms with E-state index in [1.54, 1.807) is 0 Å². The third kappa shape index (κ3) is 3.75. The van der Waals surface area contributed by atoms with Crippen LogP contribution in [0, 0.1) is 0 Å². The molecule has 0 aliphatic carbocycles. The highest BCUT2D eigenvalue weighted by molar-refractivity contribution is 5.10. The Labute approximate surface area is 110 Å². The maximum atomic E-state index is 4.70. The minimum Gasteiger partial charge on any atom is -0.308 e. The smallest absolute Gasteiger partial charge is 0.142 e. The molecule has 1 unspecified atom stereocenters. The fourth-order valence-corrected chi connectivity index (χ4v) is 2.43. The molecule has 1 saturated heterocycles. The molecule has 0 bridgehead atoms. The summed E-state index contributed by atoms with van der Waals surface area (Å²) in [5.74, 6) is 1.49. The van der Waals surface area contributed by atoms with E-state index in [0.29, 0.717) is 12.0 Å². The summed E-state index contributed by atoms with van der Waals surface area (Å²) in [6, 6.07) is 2.54. The minimum absolute atomic E-state index is 0.470. The molecule has 4 nitrogen and oxygen atoms in total. The molecule has 1 fully saturated rings. The van der Waals surface area contributed by atoms with Gasteiger partial charge >= 0.3 is 0 Å². The predicted molar refractivity (Wildman–Crippen MR) is 73.5 cm³/mol. The van der Waals surface area contributed by atoms with E-state index in [9.17, 15) is 0 Å². The van der Waals surface area contributed by atoms with Crippen LogP contribution in [0.3, 0.4) is 0 Å². The Morgan fingerprint density at radius 3 is 3.06 bits per heavy atom. The number of nitrogens with one attached hydrogen (secondary N) is 1. The van der Waals surface area contributed by atoms with E-state index in [0.717, 1.165) is 18.9 Å². The molecule has 18 heavy (non-hydrogen) atoms. The Morgan fingerprint density at radius 2 is 2.33 bits per heavy atom. The van der Waals surface area contributed by atoms with Crippen LogP contribution >= 0.6 is 0 Å². The molecular formula is C14H24N4. The summed E-state index contributed by atoms with van der Waals surface area (Å²) in [6.45, 7) is 7.37. The number of rotatable bonds is 4. The Bertz CT molecular complexity index is 378. The topological polar surface area (TPSA) is 41.1 Å². The van der Waals surface area contributed by atoms with Gasteiger partial charge in [0, 0.05) is 30.4 Å². The van der Waals surface area contributed by atoms with Gasteiger partial charge in [0.05, 0.1) is 6.54 Å². The van der Waals surface area contributed by atoms with Crippen LogP contribution in [0.15, 0.2) is 12.3 Å². The van der Waals surface area contributed by atoms with Gasteiger partial charge in [0.2, 0.25) is 0 Å². The normalized spacial score (nSPS) is 21.4. The number of hydrogen-bond donors (Lipinski definition) is 1. The first-order valence-corrected chi connectivity index (χ1v) is 6.89. The average Bonchev–Trinajstić information content (AvgIpc) is 2.37. The summed E-state index contributed by atoms with van der Waals surface area (Å²) in [5.41, 5.74) is 1.21. The van der Waals surface area contributed by atoms with Crippen LogP contribution in [0.25, 0.3) is 0 Å². The lowest BCUT2D eigenvalue weighted by molar-refractivity contribution is 0.248. The van der Waals surface area contributed by atoms with E-state index in [2.05, 4.69) is 42.2 Å². The molecule has 100 valence electrons. The van der Waals surface area contributed by atoms with Crippen molar-refractivity contribution < 1.29 is 0 Å². The molecule has 1 aliphatic rings. The number of nitrogens with zero attached hydrogens (tertiary/aromatic N) is 3. The molecule has 1 aromatic rings. The van der Waals surface area contributed by atoms with Gasteiger partial charge in [-0.3, -0.25) is 0 Å². The lowest BCUT2D eigenvalue weighted by Gasteiger charge is -2.29. The molecule has 1 atom stereocenters. The summed E-state index contributed by atoms with van der Waals surface area (Å²) < 4.78 is 0. The van der Waals surface area contributed by atoms with Gasteiger partial charge in [-0.25, -0.2) is 9.97 Å². The maximum absolute atomic E-state index is 4.70. The average molecular weight is 248 g/mol. The summed E-state index contributed by atoms with van der Waals surface area (Å²) >= 11 is 0. The molecule has 0 aromatic carbocycles. The van der Waals surface area contributed by atoms with Crippen molar-refractivity contribution in [3.05, 3.63) is 23.8 Å². The molecule has 0 saturated carbocycles. The molecule has 0 spiro atoms. The van der Waals surface area contributed by atoms with Gasteiger partial charge in [0.1, 0.15) is 5.82 Å². The number of hydrogen-bond acceptors (Lipinski definition) is 4. The van der Waals surface area contributed by atoms with Crippen LogP contribution in [0.4, 0.5) is 0 Å². The van der Waals surface area contributed by atoms with E-state index < -0.39 is 0 Å². The van der Waals surface area contributed by atoms with Gasteiger partial charge in [0.25, 0.3) is 0 Å². The van der Waals surface area contributed by atoms with Gasteiger partial charge in [-0.1, -0.05) is 13.8 Å². The van der Waals surface area contributed by atoms with E-state index in [4.69, 9.17) is 4.98 Å². The second-order valence-corrected chi connectivity index (χ2v) is 5.53. The van der Waals surface area contributed by atoms with Gasteiger partial charge in [0.15, 0.2) is 0 Å². The van der Waals surface area contributed by atoms with Gasteiger partial charge < -0.3 is 10.2 Å². The molecule has 2 rings (SSSR count). The Morgan fingerprint density at radius 1 is 1.50 bits per heavy atom. The summed E-state index contributed by atoms with van der Waals surface area (Å²) in [7, 11) is 2.19. The largest absolute Gasteiger partial charge is 0.308 e. The Hall–Kier alpha value is -1.00. The van der Waals surface area contributed by atoms with Crippen molar-refractivity contribution in [1.82, 2.24) is 20.2 Å². The van der Waals surface area contributed by atoms with Crippen molar-refractivity contribution in [1.29, 1.82) is 0 Å². The quantitative estimate of drug-likeness (QED) is 0.882. The Balaban J connectivity index is 2.02. The van der Waals surface area contributed by atoms with Crippen LogP contribution < -0.4 is 5.32 Å². The van der Waals surface area contributed by atoms with Crippen molar-refractivity contribution in [2.75, 3.05) is 20.1 Å². The highest BCUT2D eigenvalue weighted by Crippen LogP contribution is 2.24. The fraction of sp³-hybridized carbons (Fsp3) is 0.714. The summed E-state index contributed by atoms with van der Waals surface area (Å²) in [6.07, 6.45) is 4.41. The zero-order chi connectivity index (χ0) is 13.0. The van der Waals surface area contributed by atoms with Gasteiger partial charge in [-0.05, 0) is 32.5 Å². The van der Waals surface area contributed by atoms with E-state index in [1.165, 1.54) is 25.1 Å².